The summed E-state index contributed by atoms with van der Waals surface area (Å²) < 4.78 is 58.7. The van der Waals surface area contributed by atoms with Crippen molar-refractivity contribution in [3.05, 3.63) is 225 Å². The molecule has 4 aliphatic rings. The van der Waals surface area contributed by atoms with Gasteiger partial charge in [0.05, 0.1) is 72.6 Å². The van der Waals surface area contributed by atoms with Crippen LogP contribution in [0.3, 0.4) is 0 Å². The first-order chi connectivity index (χ1) is 54.9. The van der Waals surface area contributed by atoms with E-state index in [1.807, 2.05) is 78.9 Å². The van der Waals surface area contributed by atoms with Crippen molar-refractivity contribution in [1.82, 2.24) is 59.5 Å². The molecule has 2 aliphatic carbocycles. The van der Waals surface area contributed by atoms with E-state index < -0.39 is 29.6 Å². The number of pyridine rings is 4. The Morgan fingerprint density at radius 1 is 0.553 bits per heavy atom. The Kier molecular flexibility index (Phi) is 36.6. The van der Waals surface area contributed by atoms with E-state index >= 15 is 4.39 Å². The van der Waals surface area contributed by atoms with E-state index in [0.29, 0.717) is 102 Å². The minimum Gasteiger partial charge on any atom is -0.469 e. The van der Waals surface area contributed by atoms with Crippen LogP contribution in [0, 0.1) is 11.6 Å². The lowest BCUT2D eigenvalue weighted by Crippen LogP contribution is -2.54. The number of carbonyl (C=O) groups is 6. The number of hydrogen-bond acceptors (Lipinski definition) is 28. The lowest BCUT2D eigenvalue weighted by atomic mass is 10.0. The van der Waals surface area contributed by atoms with Gasteiger partial charge < -0.3 is 71.4 Å². The van der Waals surface area contributed by atoms with Crippen LogP contribution in [0.2, 0.25) is 5.28 Å². The number of hydrogen-bond donors (Lipinski definition) is 6. The highest BCUT2D eigenvalue weighted by Crippen LogP contribution is 2.39. The molecule has 30 nitrogen and oxygen atoms in total. The standard InChI is InChI=1S/C31H36FN7O4.C22H25ClFN5O2.C9H12N2O2.C9H10N2O2.C5H5BrN2.C4H6O2/c1-38-14-16-39(17-15-38)26(19-42-2)30(41)35-25-8-5-7-21-22(25)11-12-23(21)29-24(32)18-33-31(37-29)36-27-9-4-6-20(34-27)10-13-28(40)43-3;1-28-8-10-29(11-9-28)19(13-31-2)21(30)26-18-5-3-4-14-15(18)6-7-16(14)20-17(24)12-25-22(23)27-20;2*1-13-9(12)6-5-7-3-2-4-8(10)11-7;6-4-2-1-3-5(7)8-4;1-3-4(5)6-2/h4-9,12,18,26H,10-11,13-17,19H2,1-3H3,(H,35,41)(H,33,34,36,37);3-5,7,12,19H,6,8-11,13H2,1-2H3,(H,26,30);2-4H,5-6H2,1H3,(H2,10,11);2-6H,1H3,(H2,10,11);1-3H,(H2,7,8);3H,1H2,2H3/b;;;6-5+;;/t26-;19-;;;;/m11..../s1. The highest BCUT2D eigenvalue weighted by Gasteiger charge is 2.33. The van der Waals surface area contributed by atoms with Crippen LogP contribution in [-0.2, 0) is 82.9 Å². The topological polar surface area (TPSA) is 388 Å². The van der Waals surface area contributed by atoms with E-state index in [4.69, 9.17) is 43.0 Å². The second kappa shape index (κ2) is 46.5. The lowest BCUT2D eigenvalue weighted by molar-refractivity contribution is -0.141. The van der Waals surface area contributed by atoms with Crippen molar-refractivity contribution in [2.75, 3.05) is 155 Å². The maximum Gasteiger partial charge on any atom is 0.330 e. The second-order valence-corrected chi connectivity index (χ2v) is 26.6. The van der Waals surface area contributed by atoms with Crippen molar-refractivity contribution in [2.24, 2.45) is 0 Å². The van der Waals surface area contributed by atoms with Gasteiger partial charge in [-0.15, -0.1) is 0 Å². The third-order valence-electron chi connectivity index (χ3n) is 17.6. The molecule has 9 N–H and O–H groups in total. The van der Waals surface area contributed by atoms with Gasteiger partial charge in [0.15, 0.2) is 11.6 Å². The molecule has 2 aromatic carbocycles. The van der Waals surface area contributed by atoms with Crippen LogP contribution >= 0.6 is 27.5 Å². The summed E-state index contributed by atoms with van der Waals surface area (Å²) in [6.07, 6.45) is 12.6. The Balaban J connectivity index is 0.000000218. The van der Waals surface area contributed by atoms with Gasteiger partial charge in [-0.25, -0.2) is 58.2 Å². The van der Waals surface area contributed by atoms with Crippen LogP contribution in [0.5, 0.6) is 0 Å². The van der Waals surface area contributed by atoms with Crippen LogP contribution in [0.25, 0.3) is 17.2 Å². The number of piperazine rings is 2. The molecular formula is C80H94BrClF2N18O12. The van der Waals surface area contributed by atoms with Gasteiger partial charge >= 0.3 is 23.9 Å². The minimum atomic E-state index is -0.561. The number of nitrogens with zero attached hydrogens (tertiary/aromatic N) is 12. The summed E-state index contributed by atoms with van der Waals surface area (Å²) in [5, 5.41) is 9.21. The van der Waals surface area contributed by atoms with Gasteiger partial charge in [-0.05, 0) is 143 Å². The number of rotatable bonds is 23. The van der Waals surface area contributed by atoms with E-state index in [1.54, 1.807) is 62.8 Å². The fourth-order valence-corrected chi connectivity index (χ4v) is 12.2. The maximum absolute atomic E-state index is 15.1. The molecule has 8 heterocycles. The predicted molar refractivity (Wildman–Crippen MR) is 435 cm³/mol. The Morgan fingerprint density at radius 3 is 1.46 bits per heavy atom. The summed E-state index contributed by atoms with van der Waals surface area (Å²) in [6.45, 7) is 10.6. The molecule has 2 aliphatic heterocycles. The smallest absolute Gasteiger partial charge is 0.330 e. The minimum absolute atomic E-state index is 0.00945. The number of amides is 2. The van der Waals surface area contributed by atoms with Crippen molar-refractivity contribution in [2.45, 2.75) is 50.6 Å². The van der Waals surface area contributed by atoms with Crippen molar-refractivity contribution in [3.63, 3.8) is 0 Å². The number of nitrogens with two attached hydrogens (primary N) is 3. The summed E-state index contributed by atoms with van der Waals surface area (Å²) in [4.78, 5) is 111. The maximum atomic E-state index is 15.1. The second-order valence-electron chi connectivity index (χ2n) is 25.4. The number of aryl methyl sites for hydroxylation is 2. The van der Waals surface area contributed by atoms with Crippen LogP contribution < -0.4 is 33.2 Å². The number of fused-ring (bicyclic) bond motifs is 2. The van der Waals surface area contributed by atoms with Crippen molar-refractivity contribution in [3.8, 4) is 0 Å². The molecule has 0 spiro atoms. The lowest BCUT2D eigenvalue weighted by Gasteiger charge is -2.36. The molecule has 0 saturated carbocycles. The Bertz CT molecular complexity index is 4670. The number of aromatic nitrogens is 8. The molecule has 0 unspecified atom stereocenters. The molecule has 34 heteroatoms. The number of methoxy groups -OCH3 is 6. The normalized spacial score (nSPS) is 14.1. The number of halogens is 4. The van der Waals surface area contributed by atoms with E-state index in [0.717, 1.165) is 103 Å². The summed E-state index contributed by atoms with van der Waals surface area (Å²) in [7, 11) is 12.7. The first kappa shape index (κ1) is 89.8. The van der Waals surface area contributed by atoms with Gasteiger partial charge in [-0.3, -0.25) is 29.0 Å². The van der Waals surface area contributed by atoms with Crippen molar-refractivity contribution < 1.29 is 66.0 Å². The summed E-state index contributed by atoms with van der Waals surface area (Å²) >= 11 is 9.05. The SMILES string of the molecule is C=CC(=O)OC.COC(=O)/C=C/c1cccc(N)n1.COC(=O)CCc1cccc(N)n1.COC[C@H](C(=O)Nc1cccc2c1CC=C2c1nc(Cl)ncc1F)N1CCN(C)CC1.COC[C@H](C(=O)Nc1cccc2c1CC=C2c1nc(Nc2cccc(CCC(=O)OC)n2)ncc1F)N1CCN(C)CC1.Nc1cccc(Br)n1. The number of nitrogens with one attached hydrogen (secondary N) is 3. The fraction of sp³-hybridized carbons (Fsp3) is 0.325. The van der Waals surface area contributed by atoms with Crippen molar-refractivity contribution >= 4 is 121 Å². The highest BCUT2D eigenvalue weighted by molar-refractivity contribution is 9.10. The van der Waals surface area contributed by atoms with Crippen LogP contribution in [0.15, 0.2) is 157 Å². The number of carbonyl (C=O) groups excluding carboxylic acids is 6. The van der Waals surface area contributed by atoms with E-state index in [1.165, 1.54) is 34.5 Å². The van der Waals surface area contributed by atoms with E-state index in [2.05, 4.69) is 126 Å². The molecule has 12 rings (SSSR count). The van der Waals surface area contributed by atoms with Crippen LogP contribution in [0.4, 0.5) is 49.4 Å². The Hall–Kier alpha value is -11.4. The number of nitrogen functional groups attached to an aromatic ring is 3. The molecule has 8 aromatic rings. The number of allylic oxidation sites excluding steroid dienone is 2. The summed E-state index contributed by atoms with van der Waals surface area (Å²) in [5.41, 5.74) is 24.8. The fourth-order valence-electron chi connectivity index (χ4n) is 11.7. The summed E-state index contributed by atoms with van der Waals surface area (Å²) in [6, 6.07) is 31.7. The first-order valence-electron chi connectivity index (χ1n) is 35.8. The molecule has 0 radical (unpaired) electrons. The average Bonchev–Trinajstić information content (AvgIpc) is 1.64. The zero-order valence-electron chi connectivity index (χ0n) is 64.6. The monoisotopic (exact) mass is 1650 g/mol. The van der Waals surface area contributed by atoms with Gasteiger partial charge in [0, 0.05) is 125 Å². The van der Waals surface area contributed by atoms with E-state index in [9.17, 15) is 33.2 Å². The molecule has 604 valence electrons. The Morgan fingerprint density at radius 2 is 1.01 bits per heavy atom. The molecule has 0 bridgehead atoms. The van der Waals surface area contributed by atoms with Gasteiger partial charge in [-0.2, -0.15) is 0 Å². The molecule has 6 aromatic heterocycles. The van der Waals surface area contributed by atoms with Gasteiger partial charge in [-0.1, -0.05) is 67.3 Å². The summed E-state index contributed by atoms with van der Waals surface area (Å²) in [5.74, 6) is -0.596. The molecular weight excluding hydrogens is 1560 g/mol. The third-order valence-corrected chi connectivity index (χ3v) is 18.3. The zero-order valence-corrected chi connectivity index (χ0v) is 67.0. The third kappa shape index (κ3) is 28.3. The van der Waals surface area contributed by atoms with Crippen molar-refractivity contribution in [1.29, 1.82) is 0 Å². The van der Waals surface area contributed by atoms with Gasteiger partial charge in [0.1, 0.15) is 51.3 Å². The van der Waals surface area contributed by atoms with Gasteiger partial charge in [0.2, 0.25) is 23.0 Å². The van der Waals surface area contributed by atoms with E-state index in [-0.39, 0.29) is 58.8 Å². The number of likely N-dealkylation sites (N-methyl/N-ethyl adjacent to an activating group) is 2. The zero-order chi connectivity index (χ0) is 82.6. The van der Waals surface area contributed by atoms with Crippen LogP contribution in [0.1, 0.15) is 63.6 Å². The Labute approximate surface area is 673 Å². The number of anilines is 7. The predicted octanol–water partition coefficient (Wildman–Crippen LogP) is 8.90. The molecule has 2 atom stereocenters. The first-order valence-corrected chi connectivity index (χ1v) is 37.0. The largest absolute Gasteiger partial charge is 0.469 e. The molecule has 2 amide bonds. The number of esters is 4. The highest BCUT2D eigenvalue weighted by atomic mass is 79.9. The quantitative estimate of drug-likeness (QED) is 0.0114. The molecule has 114 heavy (non-hydrogen) atoms. The number of benzene rings is 2. The van der Waals surface area contributed by atoms with Gasteiger partial charge in [0.25, 0.3) is 0 Å². The average molecular weight is 1650 g/mol. The molecule has 2 saturated heterocycles. The molecule has 2 fully saturated rings. The van der Waals surface area contributed by atoms with Crippen LogP contribution in [-0.4, -0.2) is 230 Å². The number of ether oxygens (including phenoxy) is 6.